The van der Waals surface area contributed by atoms with Gasteiger partial charge in [-0.25, -0.2) is 0 Å². The van der Waals surface area contributed by atoms with Crippen LogP contribution >= 0.6 is 0 Å². The van der Waals surface area contributed by atoms with Gasteiger partial charge in [-0.1, -0.05) is 35.9 Å². The number of ether oxygens (including phenoxy) is 2. The van der Waals surface area contributed by atoms with E-state index in [2.05, 4.69) is 0 Å². The number of hydrogen-bond donors (Lipinski definition) is 3. The number of phenolic OH excluding ortho intramolecular Hbond substituents is 1. The Morgan fingerprint density at radius 2 is 1.81 bits per heavy atom. The second-order valence-electron chi connectivity index (χ2n) is 7.13. The average Bonchev–Trinajstić information content (AvgIpc) is 3.02. The number of aliphatic hydroxyl groups excluding tert-OH is 2. The molecule has 1 atom stereocenters. The summed E-state index contributed by atoms with van der Waals surface area (Å²) in [6.07, 6.45) is 0. The SMILES string of the molecule is COc1cc(C2/C(=C(\O)c3ccc(C)cc3)C(=O)C(=O)N2CCOCCO)ccc1O. The van der Waals surface area contributed by atoms with Gasteiger partial charge in [0, 0.05) is 12.1 Å². The molecule has 8 nitrogen and oxygen atoms in total. The van der Waals surface area contributed by atoms with E-state index < -0.39 is 17.7 Å². The summed E-state index contributed by atoms with van der Waals surface area (Å²) in [5.41, 5.74) is 1.84. The number of aliphatic hydroxyl groups is 2. The van der Waals surface area contributed by atoms with Gasteiger partial charge in [-0.3, -0.25) is 9.59 Å². The van der Waals surface area contributed by atoms with E-state index in [0.29, 0.717) is 11.1 Å². The van der Waals surface area contributed by atoms with Gasteiger partial charge in [0.25, 0.3) is 11.7 Å². The second-order valence-corrected chi connectivity index (χ2v) is 7.13. The zero-order valence-electron chi connectivity index (χ0n) is 17.4. The van der Waals surface area contributed by atoms with E-state index in [9.17, 15) is 19.8 Å². The maximum absolute atomic E-state index is 12.9. The van der Waals surface area contributed by atoms with Crippen LogP contribution < -0.4 is 4.74 Å². The maximum Gasteiger partial charge on any atom is 0.295 e. The van der Waals surface area contributed by atoms with Crippen molar-refractivity contribution in [2.75, 3.05) is 33.5 Å². The van der Waals surface area contributed by atoms with Crippen LogP contribution in [0, 0.1) is 6.92 Å². The molecule has 0 aromatic heterocycles. The Morgan fingerprint density at radius 3 is 2.45 bits per heavy atom. The number of aromatic hydroxyl groups is 1. The molecule has 0 radical (unpaired) electrons. The van der Waals surface area contributed by atoms with E-state index in [1.165, 1.54) is 24.1 Å². The minimum atomic E-state index is -0.895. The maximum atomic E-state index is 12.9. The van der Waals surface area contributed by atoms with Crippen LogP contribution in [0.1, 0.15) is 22.7 Å². The van der Waals surface area contributed by atoms with E-state index in [1.807, 2.05) is 6.92 Å². The molecule has 3 N–H and O–H groups in total. The quantitative estimate of drug-likeness (QED) is 0.256. The molecular formula is C23H25NO7. The van der Waals surface area contributed by atoms with Gasteiger partial charge in [0.05, 0.1) is 38.5 Å². The fourth-order valence-corrected chi connectivity index (χ4v) is 3.52. The third-order valence-corrected chi connectivity index (χ3v) is 5.10. The van der Waals surface area contributed by atoms with Crippen molar-refractivity contribution in [3.05, 3.63) is 64.7 Å². The first kappa shape index (κ1) is 22.3. The number of carbonyl (C=O) groups is 2. The summed E-state index contributed by atoms with van der Waals surface area (Å²) in [5, 5.41) is 29.8. The minimum Gasteiger partial charge on any atom is -0.507 e. The summed E-state index contributed by atoms with van der Waals surface area (Å²) < 4.78 is 10.4. The molecule has 8 heteroatoms. The average molecular weight is 427 g/mol. The number of aryl methyl sites for hydroxylation is 1. The van der Waals surface area contributed by atoms with E-state index in [4.69, 9.17) is 14.6 Å². The first-order valence-electron chi connectivity index (χ1n) is 9.80. The number of Topliss-reactive ketones (excluding diaryl/α,β-unsaturated/α-hetero) is 1. The molecule has 0 spiro atoms. The normalized spacial score (nSPS) is 17.9. The number of phenols is 1. The Balaban J connectivity index is 2.10. The van der Waals surface area contributed by atoms with Crippen LogP contribution in [0.5, 0.6) is 11.5 Å². The molecule has 1 unspecified atom stereocenters. The number of benzene rings is 2. The molecular weight excluding hydrogens is 402 g/mol. The standard InChI is InChI=1S/C23H25NO7/c1-14-3-5-15(6-4-14)21(27)19-20(16-7-8-17(26)18(13-16)30-2)24(23(29)22(19)28)9-11-31-12-10-25/h3-8,13,20,25-27H,9-12H2,1-2H3/b21-19+. The van der Waals surface area contributed by atoms with Crippen molar-refractivity contribution >= 4 is 17.4 Å². The summed E-state index contributed by atoms with van der Waals surface area (Å²) in [5.74, 6) is -1.77. The highest BCUT2D eigenvalue weighted by Gasteiger charge is 2.46. The Morgan fingerprint density at radius 1 is 1.10 bits per heavy atom. The van der Waals surface area contributed by atoms with Crippen molar-refractivity contribution in [2.45, 2.75) is 13.0 Å². The summed E-state index contributed by atoms with van der Waals surface area (Å²) >= 11 is 0. The number of carbonyl (C=O) groups excluding carboxylic acids is 2. The molecule has 31 heavy (non-hydrogen) atoms. The number of ketones is 1. The number of methoxy groups -OCH3 is 1. The van der Waals surface area contributed by atoms with E-state index in [-0.39, 0.29) is 49.2 Å². The number of nitrogens with zero attached hydrogens (tertiary/aromatic N) is 1. The predicted octanol–water partition coefficient (Wildman–Crippen LogP) is 2.14. The van der Waals surface area contributed by atoms with Crippen LogP contribution in [0.25, 0.3) is 5.76 Å². The molecule has 2 aromatic rings. The van der Waals surface area contributed by atoms with Crippen molar-refractivity contribution < 1.29 is 34.4 Å². The second kappa shape index (κ2) is 9.63. The van der Waals surface area contributed by atoms with Crippen LogP contribution in [-0.4, -0.2) is 65.4 Å². The summed E-state index contributed by atoms with van der Waals surface area (Å²) in [7, 11) is 1.39. The molecule has 1 aliphatic rings. The van der Waals surface area contributed by atoms with Crippen LogP contribution in [0.3, 0.4) is 0 Å². The van der Waals surface area contributed by atoms with E-state index >= 15 is 0 Å². The first-order chi connectivity index (χ1) is 14.9. The third-order valence-electron chi connectivity index (χ3n) is 5.10. The van der Waals surface area contributed by atoms with Crippen molar-refractivity contribution in [2.24, 2.45) is 0 Å². The molecule has 0 bridgehead atoms. The van der Waals surface area contributed by atoms with Crippen LogP contribution in [-0.2, 0) is 14.3 Å². The molecule has 1 heterocycles. The molecule has 164 valence electrons. The van der Waals surface area contributed by atoms with Gasteiger partial charge in [-0.2, -0.15) is 0 Å². The first-order valence-corrected chi connectivity index (χ1v) is 9.80. The smallest absolute Gasteiger partial charge is 0.295 e. The zero-order valence-corrected chi connectivity index (χ0v) is 17.4. The molecule has 1 fully saturated rings. The van der Waals surface area contributed by atoms with Crippen molar-refractivity contribution in [3.8, 4) is 11.5 Å². The number of likely N-dealkylation sites (tertiary alicyclic amines) is 1. The molecule has 0 aliphatic carbocycles. The van der Waals surface area contributed by atoms with Gasteiger partial charge >= 0.3 is 0 Å². The predicted molar refractivity (Wildman–Crippen MR) is 113 cm³/mol. The number of hydrogen-bond acceptors (Lipinski definition) is 7. The van der Waals surface area contributed by atoms with Crippen molar-refractivity contribution in [3.63, 3.8) is 0 Å². The van der Waals surface area contributed by atoms with Gasteiger partial charge in [-0.05, 0) is 24.6 Å². The molecule has 1 saturated heterocycles. The van der Waals surface area contributed by atoms with Gasteiger partial charge in [0.2, 0.25) is 0 Å². The zero-order chi connectivity index (χ0) is 22.5. The largest absolute Gasteiger partial charge is 0.507 e. The molecule has 1 amide bonds. The summed E-state index contributed by atoms with van der Waals surface area (Å²) in [4.78, 5) is 27.1. The lowest BCUT2D eigenvalue weighted by atomic mass is 9.94. The summed E-state index contributed by atoms with van der Waals surface area (Å²) in [6, 6.07) is 10.6. The highest BCUT2D eigenvalue weighted by Crippen LogP contribution is 2.41. The highest BCUT2D eigenvalue weighted by molar-refractivity contribution is 6.46. The lowest BCUT2D eigenvalue weighted by Crippen LogP contribution is -2.33. The fourth-order valence-electron chi connectivity index (χ4n) is 3.52. The molecule has 0 saturated carbocycles. The van der Waals surface area contributed by atoms with E-state index in [0.717, 1.165) is 5.56 Å². The summed E-state index contributed by atoms with van der Waals surface area (Å²) in [6.45, 7) is 2.01. The Kier molecular flexibility index (Phi) is 6.94. The Hall–Kier alpha value is -3.36. The lowest BCUT2D eigenvalue weighted by molar-refractivity contribution is -0.140. The van der Waals surface area contributed by atoms with E-state index in [1.54, 1.807) is 30.3 Å². The Labute approximate surface area is 180 Å². The molecule has 2 aromatic carbocycles. The third kappa shape index (κ3) is 4.55. The van der Waals surface area contributed by atoms with Gasteiger partial charge in [0.15, 0.2) is 11.5 Å². The van der Waals surface area contributed by atoms with Gasteiger partial charge < -0.3 is 29.7 Å². The monoisotopic (exact) mass is 427 g/mol. The Bertz CT molecular complexity index is 997. The van der Waals surface area contributed by atoms with Crippen LogP contribution in [0.15, 0.2) is 48.0 Å². The number of rotatable bonds is 8. The highest BCUT2D eigenvalue weighted by atomic mass is 16.5. The fraction of sp³-hybridized carbons (Fsp3) is 0.304. The number of amides is 1. The molecule has 3 rings (SSSR count). The topological polar surface area (TPSA) is 117 Å². The van der Waals surface area contributed by atoms with Crippen LogP contribution in [0.4, 0.5) is 0 Å². The minimum absolute atomic E-state index is 0.0521. The lowest BCUT2D eigenvalue weighted by Gasteiger charge is -2.25. The van der Waals surface area contributed by atoms with Crippen LogP contribution in [0.2, 0.25) is 0 Å². The van der Waals surface area contributed by atoms with Gasteiger partial charge in [-0.15, -0.1) is 0 Å². The van der Waals surface area contributed by atoms with Crippen molar-refractivity contribution in [1.82, 2.24) is 4.90 Å². The van der Waals surface area contributed by atoms with Gasteiger partial charge in [0.1, 0.15) is 5.76 Å². The molecule has 1 aliphatic heterocycles. The van der Waals surface area contributed by atoms with Crippen molar-refractivity contribution in [1.29, 1.82) is 0 Å².